The molecule has 0 fully saturated rings. The molecule has 0 saturated carbocycles. The minimum Gasteiger partial charge on any atom is -0.507 e. The lowest BCUT2D eigenvalue weighted by Gasteiger charge is -2.19. The molecule has 0 aromatic heterocycles. The van der Waals surface area contributed by atoms with Gasteiger partial charge in [0.1, 0.15) is 5.75 Å². The van der Waals surface area contributed by atoms with Gasteiger partial charge in [0.05, 0.1) is 5.56 Å². The van der Waals surface area contributed by atoms with Crippen LogP contribution in [0.25, 0.3) is 0 Å². The zero-order valence-electron chi connectivity index (χ0n) is 14.1. The second-order valence-electron chi connectivity index (χ2n) is 6.10. The number of nitrogens with one attached hydrogen (secondary N) is 1. The second-order valence-corrected chi connectivity index (χ2v) is 6.10. The van der Waals surface area contributed by atoms with Crippen molar-refractivity contribution < 1.29 is 9.90 Å². The number of carbonyl (C=O) groups is 1. The van der Waals surface area contributed by atoms with E-state index in [1.54, 1.807) is 18.2 Å². The highest BCUT2D eigenvalue weighted by Gasteiger charge is 2.17. The molecule has 0 heterocycles. The minimum atomic E-state index is -0.266. The number of carbonyl (C=O) groups excluding carboxylic acids is 1. The summed E-state index contributed by atoms with van der Waals surface area (Å²) in [5.41, 5.74) is 3.52. The summed E-state index contributed by atoms with van der Waals surface area (Å²) in [4.78, 5) is 12.5. The van der Waals surface area contributed by atoms with E-state index < -0.39 is 0 Å². The number of amides is 1. The first kappa shape index (κ1) is 16.8. The van der Waals surface area contributed by atoms with Crippen molar-refractivity contribution in [2.45, 2.75) is 12.8 Å². The van der Waals surface area contributed by atoms with E-state index in [2.05, 4.69) is 29.6 Å². The van der Waals surface area contributed by atoms with Gasteiger partial charge in [0.15, 0.2) is 0 Å². The van der Waals surface area contributed by atoms with Crippen LogP contribution in [-0.2, 0) is 0 Å². The Morgan fingerprint density at radius 2 is 1.48 bits per heavy atom. The smallest absolute Gasteiger partial charge is 0.255 e. The maximum Gasteiger partial charge on any atom is 0.255 e. The van der Waals surface area contributed by atoms with Crippen LogP contribution in [0.3, 0.4) is 0 Å². The fourth-order valence-corrected chi connectivity index (χ4v) is 2.92. The van der Waals surface area contributed by atoms with Gasteiger partial charge in [-0.1, -0.05) is 72.3 Å². The van der Waals surface area contributed by atoms with Gasteiger partial charge in [0, 0.05) is 12.5 Å². The van der Waals surface area contributed by atoms with E-state index in [-0.39, 0.29) is 17.6 Å². The Morgan fingerprint density at radius 1 is 0.920 bits per heavy atom. The number of phenols is 1. The highest BCUT2D eigenvalue weighted by atomic mass is 16.3. The average Bonchev–Trinajstić information content (AvgIpc) is 2.65. The molecule has 0 radical (unpaired) electrons. The van der Waals surface area contributed by atoms with Crippen molar-refractivity contribution in [3.8, 4) is 5.75 Å². The molecule has 0 atom stereocenters. The van der Waals surface area contributed by atoms with Crippen LogP contribution in [0.2, 0.25) is 0 Å². The van der Waals surface area contributed by atoms with E-state index in [1.165, 1.54) is 0 Å². The molecule has 0 aliphatic carbocycles. The van der Waals surface area contributed by atoms with Gasteiger partial charge >= 0.3 is 0 Å². The third kappa shape index (κ3) is 4.07. The van der Waals surface area contributed by atoms with Crippen molar-refractivity contribution in [2.75, 3.05) is 6.54 Å². The van der Waals surface area contributed by atoms with E-state index >= 15 is 0 Å². The molecular formula is C22H21NO2. The zero-order valence-corrected chi connectivity index (χ0v) is 14.1. The molecule has 0 unspecified atom stereocenters. The fourth-order valence-electron chi connectivity index (χ4n) is 2.92. The van der Waals surface area contributed by atoms with Crippen molar-refractivity contribution in [2.24, 2.45) is 0 Å². The third-order valence-corrected chi connectivity index (χ3v) is 4.27. The number of hydrogen-bond acceptors (Lipinski definition) is 2. The van der Waals surface area contributed by atoms with E-state index in [0.29, 0.717) is 12.1 Å². The summed E-state index contributed by atoms with van der Waals surface area (Å²) in [6.45, 7) is 2.35. The van der Waals surface area contributed by atoms with Gasteiger partial charge in [-0.15, -0.1) is 0 Å². The first-order valence-electron chi connectivity index (χ1n) is 8.33. The number of phenolic OH excluding ortho intramolecular Hbond substituents is 1. The van der Waals surface area contributed by atoms with Gasteiger partial charge < -0.3 is 10.4 Å². The van der Waals surface area contributed by atoms with Crippen molar-refractivity contribution in [1.29, 1.82) is 0 Å². The molecular weight excluding hydrogens is 310 g/mol. The Bertz CT molecular complexity index is 805. The van der Waals surface area contributed by atoms with Crippen LogP contribution < -0.4 is 5.32 Å². The summed E-state index contributed by atoms with van der Waals surface area (Å²) in [5.74, 6) is -0.213. The van der Waals surface area contributed by atoms with Crippen LogP contribution in [0.5, 0.6) is 5.75 Å². The molecule has 25 heavy (non-hydrogen) atoms. The maximum atomic E-state index is 12.5. The molecule has 1 amide bonds. The summed E-state index contributed by atoms with van der Waals surface area (Å²) in [7, 11) is 0. The number of aryl methyl sites for hydroxylation is 1. The van der Waals surface area contributed by atoms with Crippen LogP contribution in [0.1, 0.15) is 33.0 Å². The molecule has 0 aliphatic rings. The van der Waals surface area contributed by atoms with Crippen molar-refractivity contribution in [3.63, 3.8) is 0 Å². The standard InChI is InChI=1S/C22H21NO2/c1-16-12-13-21(24)19(14-16)22(25)23-15-20(17-8-4-2-5-9-17)18-10-6-3-7-11-18/h2-14,20,24H,15H2,1H3,(H,23,25). The lowest BCUT2D eigenvalue weighted by Crippen LogP contribution is -2.29. The summed E-state index contributed by atoms with van der Waals surface area (Å²) < 4.78 is 0. The second kappa shape index (κ2) is 7.67. The molecule has 2 N–H and O–H groups in total. The Hall–Kier alpha value is -3.07. The van der Waals surface area contributed by atoms with E-state index in [1.807, 2.05) is 43.3 Å². The summed E-state index contributed by atoms with van der Waals surface area (Å²) in [5, 5.41) is 12.9. The largest absolute Gasteiger partial charge is 0.507 e. The minimum absolute atomic E-state index is 0.000859. The Morgan fingerprint density at radius 3 is 2.04 bits per heavy atom. The summed E-state index contributed by atoms with van der Waals surface area (Å²) in [6, 6.07) is 25.2. The molecule has 126 valence electrons. The number of benzene rings is 3. The van der Waals surface area contributed by atoms with Gasteiger partial charge in [0.2, 0.25) is 0 Å². The Labute approximate surface area is 148 Å². The first-order chi connectivity index (χ1) is 12.1. The normalized spacial score (nSPS) is 10.6. The predicted octanol–water partition coefficient (Wildman–Crippen LogP) is 4.26. The molecule has 0 bridgehead atoms. The van der Waals surface area contributed by atoms with Gasteiger partial charge in [-0.05, 0) is 30.2 Å². The molecule has 3 aromatic rings. The van der Waals surface area contributed by atoms with Crippen LogP contribution >= 0.6 is 0 Å². The molecule has 0 saturated heterocycles. The highest BCUT2D eigenvalue weighted by molar-refractivity contribution is 5.97. The average molecular weight is 331 g/mol. The van der Waals surface area contributed by atoms with E-state index in [0.717, 1.165) is 16.7 Å². The lowest BCUT2D eigenvalue weighted by molar-refractivity contribution is 0.0949. The third-order valence-electron chi connectivity index (χ3n) is 4.27. The van der Waals surface area contributed by atoms with Gasteiger partial charge in [-0.3, -0.25) is 4.79 Å². The summed E-state index contributed by atoms with van der Waals surface area (Å²) in [6.07, 6.45) is 0. The number of hydrogen-bond donors (Lipinski definition) is 2. The number of rotatable bonds is 5. The van der Waals surface area contributed by atoms with Gasteiger partial charge in [-0.25, -0.2) is 0 Å². The zero-order chi connectivity index (χ0) is 17.6. The summed E-state index contributed by atoms with van der Waals surface area (Å²) >= 11 is 0. The first-order valence-corrected chi connectivity index (χ1v) is 8.33. The fraction of sp³-hybridized carbons (Fsp3) is 0.136. The molecule has 3 rings (SSSR count). The predicted molar refractivity (Wildman–Crippen MR) is 99.9 cm³/mol. The van der Waals surface area contributed by atoms with Crippen LogP contribution in [0.15, 0.2) is 78.9 Å². The molecule has 3 nitrogen and oxygen atoms in total. The van der Waals surface area contributed by atoms with Crippen molar-refractivity contribution in [1.82, 2.24) is 5.32 Å². The van der Waals surface area contributed by atoms with Crippen LogP contribution in [0, 0.1) is 6.92 Å². The van der Waals surface area contributed by atoms with Crippen LogP contribution in [-0.4, -0.2) is 17.6 Å². The molecule has 0 spiro atoms. The topological polar surface area (TPSA) is 49.3 Å². The van der Waals surface area contributed by atoms with Crippen molar-refractivity contribution >= 4 is 5.91 Å². The quantitative estimate of drug-likeness (QED) is 0.734. The van der Waals surface area contributed by atoms with E-state index in [4.69, 9.17) is 0 Å². The lowest BCUT2D eigenvalue weighted by atomic mass is 9.91. The Balaban J connectivity index is 1.82. The monoisotopic (exact) mass is 331 g/mol. The Kier molecular flexibility index (Phi) is 5.14. The van der Waals surface area contributed by atoms with Crippen molar-refractivity contribution in [3.05, 3.63) is 101 Å². The van der Waals surface area contributed by atoms with Crippen LogP contribution in [0.4, 0.5) is 0 Å². The SMILES string of the molecule is Cc1ccc(O)c(C(=O)NCC(c2ccccc2)c2ccccc2)c1. The molecule has 3 heteroatoms. The van der Waals surface area contributed by atoms with Gasteiger partial charge in [0.25, 0.3) is 5.91 Å². The highest BCUT2D eigenvalue weighted by Crippen LogP contribution is 2.24. The maximum absolute atomic E-state index is 12.5. The molecule has 0 aliphatic heterocycles. The molecule has 3 aromatic carbocycles. The van der Waals surface area contributed by atoms with E-state index in [9.17, 15) is 9.90 Å². The van der Waals surface area contributed by atoms with Gasteiger partial charge in [-0.2, -0.15) is 0 Å². The number of aromatic hydroxyl groups is 1.